The number of nitrogens with one attached hydrogen (secondary N) is 1. The number of nitrogens with zero attached hydrogens (tertiary/aromatic N) is 1. The topological polar surface area (TPSA) is 78.9 Å². The van der Waals surface area contributed by atoms with E-state index in [1.807, 2.05) is 6.92 Å². The van der Waals surface area contributed by atoms with E-state index < -0.39 is 5.97 Å². The zero-order chi connectivity index (χ0) is 13.1. The second-order valence-electron chi connectivity index (χ2n) is 3.75. The predicted molar refractivity (Wildman–Crippen MR) is 64.0 cm³/mol. The zero-order valence-corrected chi connectivity index (χ0v) is 10.6. The van der Waals surface area contributed by atoms with Gasteiger partial charge in [-0.05, 0) is 19.3 Å². The van der Waals surface area contributed by atoms with Crippen LogP contribution in [0.2, 0.25) is 0 Å². The van der Waals surface area contributed by atoms with Gasteiger partial charge in [-0.3, -0.25) is 4.79 Å². The molecule has 0 bridgehead atoms. The number of urea groups is 1. The minimum absolute atomic E-state index is 0.252. The minimum Gasteiger partial charge on any atom is -0.480 e. The van der Waals surface area contributed by atoms with E-state index in [-0.39, 0.29) is 12.6 Å². The quantitative estimate of drug-likeness (QED) is 0.593. The maximum absolute atomic E-state index is 11.6. The number of rotatable bonds is 9. The lowest BCUT2D eigenvalue weighted by molar-refractivity contribution is -0.137. The number of carbonyl (C=O) groups excluding carboxylic acids is 1. The van der Waals surface area contributed by atoms with E-state index in [1.54, 1.807) is 7.11 Å². The second kappa shape index (κ2) is 9.89. The van der Waals surface area contributed by atoms with Gasteiger partial charge in [0.25, 0.3) is 0 Å². The number of hydrogen-bond acceptors (Lipinski definition) is 3. The van der Waals surface area contributed by atoms with Crippen LogP contribution in [0, 0.1) is 0 Å². The van der Waals surface area contributed by atoms with Crippen molar-refractivity contribution in [2.45, 2.75) is 26.2 Å². The lowest BCUT2D eigenvalue weighted by Crippen LogP contribution is -2.43. The molecule has 0 aliphatic rings. The summed E-state index contributed by atoms with van der Waals surface area (Å²) in [6, 6.07) is -0.313. The van der Waals surface area contributed by atoms with Crippen molar-refractivity contribution in [2.24, 2.45) is 0 Å². The van der Waals surface area contributed by atoms with Crippen molar-refractivity contribution in [3.05, 3.63) is 0 Å². The first-order valence-electron chi connectivity index (χ1n) is 5.85. The molecule has 0 atom stereocenters. The number of aliphatic carboxylic acids is 1. The fraction of sp³-hybridized carbons (Fsp3) is 0.818. The molecule has 0 heterocycles. The van der Waals surface area contributed by atoms with Crippen LogP contribution < -0.4 is 5.32 Å². The molecule has 0 aromatic carbocycles. The van der Waals surface area contributed by atoms with E-state index in [9.17, 15) is 9.59 Å². The SMILES string of the molecule is CCCN(CC(=O)O)C(=O)NCCCCOC. The molecule has 6 nitrogen and oxygen atoms in total. The van der Waals surface area contributed by atoms with Gasteiger partial charge in [0, 0.05) is 26.8 Å². The number of amides is 2. The Hall–Kier alpha value is -1.30. The lowest BCUT2D eigenvalue weighted by atomic mass is 10.3. The summed E-state index contributed by atoms with van der Waals surface area (Å²) in [5, 5.41) is 11.4. The van der Waals surface area contributed by atoms with E-state index in [0.717, 1.165) is 19.3 Å². The number of ether oxygens (including phenoxy) is 1. The Morgan fingerprint density at radius 3 is 2.59 bits per heavy atom. The molecule has 0 radical (unpaired) electrons. The summed E-state index contributed by atoms with van der Waals surface area (Å²) in [6.45, 7) is 3.32. The largest absolute Gasteiger partial charge is 0.480 e. The van der Waals surface area contributed by atoms with E-state index in [2.05, 4.69) is 5.32 Å². The molecule has 2 N–H and O–H groups in total. The second-order valence-corrected chi connectivity index (χ2v) is 3.75. The Labute approximate surface area is 102 Å². The molecule has 0 saturated carbocycles. The molecule has 0 aromatic rings. The van der Waals surface area contributed by atoms with Gasteiger partial charge in [-0.1, -0.05) is 6.92 Å². The Morgan fingerprint density at radius 1 is 1.35 bits per heavy atom. The van der Waals surface area contributed by atoms with Crippen LogP contribution in [0.1, 0.15) is 26.2 Å². The van der Waals surface area contributed by atoms with Crippen LogP contribution in [0.5, 0.6) is 0 Å². The summed E-state index contributed by atoms with van der Waals surface area (Å²) in [5.41, 5.74) is 0. The minimum atomic E-state index is -0.993. The van der Waals surface area contributed by atoms with Crippen molar-refractivity contribution < 1.29 is 19.4 Å². The van der Waals surface area contributed by atoms with E-state index in [1.165, 1.54) is 4.90 Å². The van der Waals surface area contributed by atoms with E-state index in [4.69, 9.17) is 9.84 Å². The van der Waals surface area contributed by atoms with Crippen molar-refractivity contribution in [1.29, 1.82) is 0 Å². The molecule has 0 unspecified atom stereocenters. The monoisotopic (exact) mass is 246 g/mol. The third kappa shape index (κ3) is 8.50. The average Bonchev–Trinajstić information content (AvgIpc) is 2.27. The van der Waals surface area contributed by atoms with Gasteiger partial charge in [-0.25, -0.2) is 4.79 Å². The Balaban J connectivity index is 3.84. The number of carboxylic acid groups (broad SMARTS) is 1. The number of carbonyl (C=O) groups is 2. The van der Waals surface area contributed by atoms with Crippen LogP contribution in [0.25, 0.3) is 0 Å². The first kappa shape index (κ1) is 15.7. The van der Waals surface area contributed by atoms with Crippen LogP contribution in [-0.2, 0) is 9.53 Å². The first-order chi connectivity index (χ1) is 8.11. The van der Waals surface area contributed by atoms with Gasteiger partial charge in [-0.15, -0.1) is 0 Å². The van der Waals surface area contributed by atoms with Crippen LogP contribution in [0.15, 0.2) is 0 Å². The van der Waals surface area contributed by atoms with Crippen LogP contribution in [0.4, 0.5) is 4.79 Å². The van der Waals surface area contributed by atoms with Gasteiger partial charge in [-0.2, -0.15) is 0 Å². The number of hydrogen-bond donors (Lipinski definition) is 2. The highest BCUT2D eigenvalue weighted by Gasteiger charge is 2.14. The Kier molecular flexibility index (Phi) is 9.14. The summed E-state index contributed by atoms with van der Waals surface area (Å²) in [7, 11) is 1.63. The highest BCUT2D eigenvalue weighted by atomic mass is 16.5. The molecule has 0 spiro atoms. The summed E-state index contributed by atoms with van der Waals surface area (Å²) in [5.74, 6) is -0.993. The van der Waals surface area contributed by atoms with Gasteiger partial charge < -0.3 is 20.1 Å². The molecule has 0 saturated heterocycles. The molecule has 0 rings (SSSR count). The van der Waals surface area contributed by atoms with E-state index >= 15 is 0 Å². The molecule has 6 heteroatoms. The molecular formula is C11H22N2O4. The highest BCUT2D eigenvalue weighted by Crippen LogP contribution is 1.94. The van der Waals surface area contributed by atoms with Gasteiger partial charge >= 0.3 is 12.0 Å². The van der Waals surface area contributed by atoms with Gasteiger partial charge in [0.05, 0.1) is 0 Å². The van der Waals surface area contributed by atoms with Crippen molar-refractivity contribution in [1.82, 2.24) is 10.2 Å². The van der Waals surface area contributed by atoms with Gasteiger partial charge in [0.15, 0.2) is 0 Å². The number of methoxy groups -OCH3 is 1. The summed E-state index contributed by atoms with van der Waals surface area (Å²) < 4.78 is 4.89. The number of unbranched alkanes of at least 4 members (excludes halogenated alkanes) is 1. The normalized spacial score (nSPS) is 10.0. The van der Waals surface area contributed by atoms with Crippen LogP contribution in [0.3, 0.4) is 0 Å². The molecule has 17 heavy (non-hydrogen) atoms. The van der Waals surface area contributed by atoms with Crippen LogP contribution >= 0.6 is 0 Å². The highest BCUT2D eigenvalue weighted by molar-refractivity contribution is 5.79. The molecule has 0 aliphatic carbocycles. The fourth-order valence-electron chi connectivity index (χ4n) is 1.36. The Morgan fingerprint density at radius 2 is 2.06 bits per heavy atom. The maximum atomic E-state index is 11.6. The summed E-state index contributed by atoms with van der Waals surface area (Å²) in [6.07, 6.45) is 2.44. The maximum Gasteiger partial charge on any atom is 0.323 e. The fourth-order valence-corrected chi connectivity index (χ4v) is 1.36. The molecule has 2 amide bonds. The molecule has 100 valence electrons. The Bertz CT molecular complexity index is 234. The predicted octanol–water partition coefficient (Wildman–Crippen LogP) is 0.919. The van der Waals surface area contributed by atoms with E-state index in [0.29, 0.717) is 19.7 Å². The third-order valence-corrected chi connectivity index (χ3v) is 2.16. The van der Waals surface area contributed by atoms with Gasteiger partial charge in [0.1, 0.15) is 6.54 Å². The number of carboxylic acids is 1. The summed E-state index contributed by atoms with van der Waals surface area (Å²) in [4.78, 5) is 23.5. The summed E-state index contributed by atoms with van der Waals surface area (Å²) >= 11 is 0. The average molecular weight is 246 g/mol. The standard InChI is InChI=1S/C11H22N2O4/c1-3-7-13(9-10(14)15)11(16)12-6-4-5-8-17-2/h3-9H2,1-2H3,(H,12,16)(H,14,15). The van der Waals surface area contributed by atoms with Crippen molar-refractivity contribution in [3.8, 4) is 0 Å². The van der Waals surface area contributed by atoms with Crippen molar-refractivity contribution in [2.75, 3.05) is 33.4 Å². The van der Waals surface area contributed by atoms with Crippen LogP contribution in [-0.4, -0.2) is 55.4 Å². The third-order valence-electron chi connectivity index (χ3n) is 2.16. The lowest BCUT2D eigenvalue weighted by Gasteiger charge is -2.20. The van der Waals surface area contributed by atoms with Gasteiger partial charge in [0.2, 0.25) is 0 Å². The molecular weight excluding hydrogens is 224 g/mol. The molecule has 0 aromatic heterocycles. The smallest absolute Gasteiger partial charge is 0.323 e. The first-order valence-corrected chi connectivity index (χ1v) is 5.85. The zero-order valence-electron chi connectivity index (χ0n) is 10.6. The van der Waals surface area contributed by atoms with Crippen molar-refractivity contribution in [3.63, 3.8) is 0 Å². The molecule has 0 aliphatic heterocycles. The van der Waals surface area contributed by atoms with Crippen molar-refractivity contribution >= 4 is 12.0 Å². The molecule has 0 fully saturated rings.